The molecule has 2 aliphatic heterocycles. The van der Waals surface area contributed by atoms with Gasteiger partial charge in [-0.15, -0.1) is 0 Å². The molecule has 0 saturated carbocycles. The van der Waals surface area contributed by atoms with E-state index in [1.54, 1.807) is 13.2 Å². The van der Waals surface area contributed by atoms with Crippen LogP contribution in [0.15, 0.2) is 12.4 Å². The van der Waals surface area contributed by atoms with Gasteiger partial charge in [0.1, 0.15) is 12.1 Å². The Morgan fingerprint density at radius 1 is 1.37 bits per heavy atom. The van der Waals surface area contributed by atoms with E-state index >= 15 is 0 Å². The summed E-state index contributed by atoms with van der Waals surface area (Å²) in [4.78, 5) is 19.3. The fourth-order valence-electron chi connectivity index (χ4n) is 3.38. The molecule has 3 heterocycles. The third-order valence-electron chi connectivity index (χ3n) is 4.53. The highest BCUT2D eigenvalue weighted by Crippen LogP contribution is 2.31. The van der Waals surface area contributed by atoms with Crippen LogP contribution < -0.4 is 14.4 Å². The maximum atomic E-state index is 11.7. The van der Waals surface area contributed by atoms with Gasteiger partial charge in [-0.2, -0.15) is 13.2 Å². The van der Waals surface area contributed by atoms with Gasteiger partial charge in [0.15, 0.2) is 0 Å². The zero-order valence-electron chi connectivity index (χ0n) is 16.3. The number of nitrogens with one attached hydrogen (secondary N) is 1. The zero-order valence-corrected chi connectivity index (χ0v) is 17.1. The summed E-state index contributed by atoms with van der Waals surface area (Å²) in [5.74, 6) is -1.25. The molecule has 1 aromatic heterocycles. The molecule has 2 fully saturated rings. The molecule has 30 heavy (non-hydrogen) atoms. The number of carboxylic acid groups (broad SMARTS) is 1. The van der Waals surface area contributed by atoms with Crippen molar-refractivity contribution in [1.29, 1.82) is 0 Å². The van der Waals surface area contributed by atoms with Crippen LogP contribution in [0.5, 0.6) is 5.88 Å². The molecule has 0 amide bonds. The summed E-state index contributed by atoms with van der Waals surface area (Å²) in [5, 5.41) is 7.12. The van der Waals surface area contributed by atoms with E-state index in [1.807, 2.05) is 0 Å². The zero-order chi connectivity index (χ0) is 22.5. The number of methoxy groups -OCH3 is 1. The molecule has 170 valence electrons. The number of fused-ring (bicyclic) bond motifs is 1. The highest BCUT2D eigenvalue weighted by atomic mass is 32.2. The number of alkyl halides is 3. The molecule has 10 nitrogen and oxygen atoms in total. The summed E-state index contributed by atoms with van der Waals surface area (Å²) in [5.41, 5.74) is 0. The van der Waals surface area contributed by atoms with Crippen LogP contribution in [0.25, 0.3) is 0 Å². The van der Waals surface area contributed by atoms with Crippen molar-refractivity contribution in [2.24, 2.45) is 5.92 Å². The Morgan fingerprint density at radius 2 is 2.03 bits per heavy atom. The first-order valence-corrected chi connectivity index (χ1v) is 10.8. The number of aromatic nitrogens is 2. The monoisotopic (exact) mass is 456 g/mol. The molecule has 2 saturated heterocycles. The second-order valence-electron chi connectivity index (χ2n) is 6.86. The van der Waals surface area contributed by atoms with Gasteiger partial charge in [-0.05, 0) is 12.8 Å². The molecule has 0 aliphatic carbocycles. The van der Waals surface area contributed by atoms with Gasteiger partial charge in [0.2, 0.25) is 15.9 Å². The smallest absolute Gasteiger partial charge is 0.481 e. The maximum absolute atomic E-state index is 11.7. The van der Waals surface area contributed by atoms with E-state index in [9.17, 15) is 21.6 Å². The topological polar surface area (TPSA) is 131 Å². The van der Waals surface area contributed by atoms with E-state index in [1.165, 1.54) is 12.6 Å². The lowest BCUT2D eigenvalue weighted by Crippen LogP contribution is -2.61. The number of aliphatic carboxylic acids is 1. The molecule has 0 radical (unpaired) electrons. The number of ether oxygens (including phenoxy) is 2. The van der Waals surface area contributed by atoms with E-state index in [0.29, 0.717) is 19.0 Å². The van der Waals surface area contributed by atoms with E-state index in [0.717, 1.165) is 25.2 Å². The Hall–Kier alpha value is -2.19. The second-order valence-corrected chi connectivity index (χ2v) is 8.64. The minimum absolute atomic E-state index is 0.0848. The number of halogens is 3. The summed E-state index contributed by atoms with van der Waals surface area (Å²) in [7, 11) is -1.75. The predicted molar refractivity (Wildman–Crippen MR) is 98.7 cm³/mol. The van der Waals surface area contributed by atoms with E-state index < -0.39 is 22.2 Å². The van der Waals surface area contributed by atoms with Crippen molar-refractivity contribution >= 4 is 21.8 Å². The van der Waals surface area contributed by atoms with Gasteiger partial charge in [0.25, 0.3) is 0 Å². The van der Waals surface area contributed by atoms with Crippen LogP contribution in [0.2, 0.25) is 0 Å². The van der Waals surface area contributed by atoms with Crippen LogP contribution in [-0.2, 0) is 19.6 Å². The first kappa shape index (κ1) is 24.1. The first-order valence-electron chi connectivity index (χ1n) is 8.90. The Morgan fingerprint density at radius 3 is 2.60 bits per heavy atom. The quantitative estimate of drug-likeness (QED) is 0.670. The number of sulfonamides is 1. The highest BCUT2D eigenvalue weighted by Gasteiger charge is 2.41. The fourth-order valence-corrected chi connectivity index (χ4v) is 4.14. The van der Waals surface area contributed by atoms with Crippen LogP contribution in [0.4, 0.5) is 19.0 Å². The van der Waals surface area contributed by atoms with Crippen LogP contribution >= 0.6 is 0 Å². The number of carboxylic acids is 1. The average Bonchev–Trinajstić information content (AvgIpc) is 2.66. The number of hydrogen-bond acceptors (Lipinski definition) is 8. The van der Waals surface area contributed by atoms with Crippen molar-refractivity contribution in [2.45, 2.75) is 31.2 Å². The Bertz CT molecular complexity index is 839. The number of nitrogens with zero attached hydrogens (tertiary/aromatic N) is 3. The fraction of sp³-hybridized carbons (Fsp3) is 0.688. The molecule has 2 aliphatic rings. The number of piperidine rings is 1. The van der Waals surface area contributed by atoms with Crippen molar-refractivity contribution in [2.75, 3.05) is 38.0 Å². The third kappa shape index (κ3) is 6.95. The largest absolute Gasteiger partial charge is 0.490 e. The predicted octanol–water partition coefficient (Wildman–Crippen LogP) is 0.651. The summed E-state index contributed by atoms with van der Waals surface area (Å²) in [6.07, 6.45) is -0.522. The molecule has 0 unspecified atom stereocenters. The average molecular weight is 456 g/mol. The molecule has 0 aromatic carbocycles. The second kappa shape index (κ2) is 9.75. The van der Waals surface area contributed by atoms with Gasteiger partial charge in [-0.1, -0.05) is 0 Å². The molecule has 1 aromatic rings. The molecule has 2 N–H and O–H groups in total. The van der Waals surface area contributed by atoms with Crippen molar-refractivity contribution in [1.82, 2.24) is 14.7 Å². The van der Waals surface area contributed by atoms with Crippen LogP contribution in [0, 0.1) is 5.92 Å². The molecular formula is C16H23F3N4O6S. The molecule has 0 bridgehead atoms. The summed E-state index contributed by atoms with van der Waals surface area (Å²) < 4.78 is 68.8. The Kier molecular flexibility index (Phi) is 7.82. The number of anilines is 1. The van der Waals surface area contributed by atoms with Gasteiger partial charge in [0, 0.05) is 31.7 Å². The SMILES string of the molecule is COc1cc(N2C[C@@H]3CCCO[C@@H]3[C@H](NS(C)(=O)=O)C2)ncn1.O=C(O)C(F)(F)F. The molecular weight excluding hydrogens is 433 g/mol. The third-order valence-corrected chi connectivity index (χ3v) is 5.26. The Labute approximate surface area is 171 Å². The van der Waals surface area contributed by atoms with E-state index in [-0.39, 0.29) is 18.1 Å². The summed E-state index contributed by atoms with van der Waals surface area (Å²) in [6.45, 7) is 1.98. The standard InChI is InChI=1S/C14H22N4O4S.C2HF3O2/c1-21-13-6-12(15-9-16-13)18-7-10-4-3-5-22-14(10)11(8-18)17-23(2,19)20;3-2(4,5)1(6)7/h6,9-11,14,17H,3-5,7-8H2,1-2H3;(H,6,7)/t10-,11+,14-;/m0./s1. The minimum Gasteiger partial charge on any atom is -0.481 e. The summed E-state index contributed by atoms with van der Waals surface area (Å²) in [6, 6.07) is 1.48. The Balaban J connectivity index is 0.000000396. The molecule has 3 rings (SSSR count). The van der Waals surface area contributed by atoms with Crippen LogP contribution in [0.1, 0.15) is 12.8 Å². The van der Waals surface area contributed by atoms with Crippen LogP contribution in [0.3, 0.4) is 0 Å². The number of carbonyl (C=O) groups is 1. The molecule has 0 spiro atoms. The maximum Gasteiger partial charge on any atom is 0.490 e. The van der Waals surface area contributed by atoms with Crippen molar-refractivity contribution in [3.63, 3.8) is 0 Å². The normalized spacial score (nSPS) is 24.3. The van der Waals surface area contributed by atoms with Gasteiger partial charge in [-0.3, -0.25) is 0 Å². The lowest BCUT2D eigenvalue weighted by atomic mass is 9.86. The molecule has 3 atom stereocenters. The number of rotatable bonds is 4. The van der Waals surface area contributed by atoms with Gasteiger partial charge < -0.3 is 19.5 Å². The summed E-state index contributed by atoms with van der Waals surface area (Å²) >= 11 is 0. The lowest BCUT2D eigenvalue weighted by Gasteiger charge is -2.46. The van der Waals surface area contributed by atoms with Crippen molar-refractivity contribution in [3.05, 3.63) is 12.4 Å². The van der Waals surface area contributed by atoms with Gasteiger partial charge in [-0.25, -0.2) is 27.9 Å². The lowest BCUT2D eigenvalue weighted by molar-refractivity contribution is -0.192. The number of hydrogen-bond donors (Lipinski definition) is 2. The van der Waals surface area contributed by atoms with Gasteiger partial charge >= 0.3 is 12.1 Å². The van der Waals surface area contributed by atoms with Crippen molar-refractivity contribution in [3.8, 4) is 5.88 Å². The first-order chi connectivity index (χ1) is 13.9. The minimum atomic E-state index is -5.08. The van der Waals surface area contributed by atoms with E-state index in [2.05, 4.69) is 19.6 Å². The van der Waals surface area contributed by atoms with E-state index in [4.69, 9.17) is 19.4 Å². The highest BCUT2D eigenvalue weighted by molar-refractivity contribution is 7.88. The molecule has 14 heteroatoms. The van der Waals surface area contributed by atoms with Gasteiger partial charge in [0.05, 0.1) is 25.5 Å². The van der Waals surface area contributed by atoms with Crippen molar-refractivity contribution < 1.29 is 41.0 Å². The van der Waals surface area contributed by atoms with Crippen LogP contribution in [-0.4, -0.2) is 80.8 Å².